The van der Waals surface area contributed by atoms with E-state index >= 15 is 0 Å². The maximum absolute atomic E-state index is 13.6. The Morgan fingerprint density at radius 1 is 1.04 bits per heavy atom. The first kappa shape index (κ1) is 18.1. The van der Waals surface area contributed by atoms with Crippen molar-refractivity contribution in [3.63, 3.8) is 0 Å². The lowest BCUT2D eigenvalue weighted by atomic mass is 9.86. The Hall–Kier alpha value is -0.740. The number of nitrogens with zero attached hydrogens (tertiary/aromatic N) is 2. The Morgan fingerprint density at radius 2 is 1.71 bits per heavy atom. The van der Waals surface area contributed by atoms with Crippen LogP contribution in [-0.2, 0) is 0 Å². The predicted octanol–water partition coefficient (Wildman–Crippen LogP) is 4.70. The lowest BCUT2D eigenvalue weighted by molar-refractivity contribution is 0.132. The molecule has 0 atom stereocenters. The second-order valence-electron chi connectivity index (χ2n) is 7.98. The fourth-order valence-corrected chi connectivity index (χ4v) is 4.54. The van der Waals surface area contributed by atoms with Gasteiger partial charge in [-0.25, -0.2) is 4.39 Å². The zero-order chi connectivity index (χ0) is 17.1. The van der Waals surface area contributed by atoms with Gasteiger partial charge >= 0.3 is 0 Å². The van der Waals surface area contributed by atoms with Gasteiger partial charge in [-0.3, -0.25) is 0 Å². The minimum absolute atomic E-state index is 0.187. The van der Waals surface area contributed by atoms with Gasteiger partial charge in [0.25, 0.3) is 0 Å². The van der Waals surface area contributed by atoms with E-state index in [9.17, 15) is 4.39 Å². The van der Waals surface area contributed by atoms with Crippen LogP contribution in [-0.4, -0.2) is 37.6 Å². The molecular formula is C20H31FN2S. The molecule has 0 aromatic heterocycles. The molecule has 2 fully saturated rings. The molecule has 2 aliphatic rings. The average molecular weight is 351 g/mol. The van der Waals surface area contributed by atoms with Crippen LogP contribution in [0.25, 0.3) is 0 Å². The third kappa shape index (κ3) is 4.66. The van der Waals surface area contributed by atoms with Crippen LogP contribution in [0, 0.1) is 23.6 Å². The van der Waals surface area contributed by atoms with Crippen LogP contribution in [0.15, 0.2) is 23.1 Å². The second-order valence-corrected chi connectivity index (χ2v) is 8.50. The van der Waals surface area contributed by atoms with E-state index in [1.165, 1.54) is 51.4 Å². The summed E-state index contributed by atoms with van der Waals surface area (Å²) in [5.74, 6) is 2.36. The maximum atomic E-state index is 13.6. The zero-order valence-corrected chi connectivity index (χ0v) is 15.9. The third-order valence-electron chi connectivity index (χ3n) is 5.94. The summed E-state index contributed by atoms with van der Waals surface area (Å²) in [5, 5.41) is 0. The van der Waals surface area contributed by atoms with Crippen LogP contribution in [0.4, 0.5) is 10.1 Å². The van der Waals surface area contributed by atoms with Crippen molar-refractivity contribution in [3.05, 3.63) is 24.0 Å². The Kier molecular flexibility index (Phi) is 6.09. The van der Waals surface area contributed by atoms with Crippen molar-refractivity contribution in [1.29, 1.82) is 0 Å². The Bertz CT molecular complexity index is 512. The molecule has 24 heavy (non-hydrogen) atoms. The van der Waals surface area contributed by atoms with Gasteiger partial charge in [-0.15, -0.1) is 12.6 Å². The minimum Gasteiger partial charge on any atom is -0.371 e. The fourth-order valence-electron chi connectivity index (χ4n) is 4.28. The van der Waals surface area contributed by atoms with Gasteiger partial charge in [-0.05, 0) is 74.7 Å². The molecule has 2 heterocycles. The largest absolute Gasteiger partial charge is 0.371 e. The van der Waals surface area contributed by atoms with E-state index in [1.807, 2.05) is 6.07 Å². The topological polar surface area (TPSA) is 6.48 Å². The number of halogens is 1. The SMILES string of the molecule is CC(C)C1CCN(CC2CCN(c3cc(F)cc(S)c3)CC2)CC1. The molecule has 4 heteroatoms. The van der Waals surface area contributed by atoms with Gasteiger partial charge in [0, 0.05) is 30.2 Å². The van der Waals surface area contributed by atoms with Gasteiger partial charge < -0.3 is 9.80 Å². The molecule has 0 radical (unpaired) electrons. The Morgan fingerprint density at radius 3 is 2.29 bits per heavy atom. The smallest absolute Gasteiger partial charge is 0.126 e. The van der Waals surface area contributed by atoms with E-state index < -0.39 is 0 Å². The molecule has 1 aromatic carbocycles. The molecule has 0 spiro atoms. The first-order valence-electron chi connectivity index (χ1n) is 9.48. The lowest BCUT2D eigenvalue weighted by Crippen LogP contribution is -2.42. The molecule has 2 nitrogen and oxygen atoms in total. The highest BCUT2D eigenvalue weighted by molar-refractivity contribution is 7.80. The molecule has 2 saturated heterocycles. The van der Waals surface area contributed by atoms with E-state index in [2.05, 4.69) is 36.3 Å². The van der Waals surface area contributed by atoms with Crippen molar-refractivity contribution in [2.45, 2.75) is 44.4 Å². The molecule has 0 unspecified atom stereocenters. The number of anilines is 1. The maximum Gasteiger partial charge on any atom is 0.126 e. The van der Waals surface area contributed by atoms with Gasteiger partial charge in [-0.2, -0.15) is 0 Å². The van der Waals surface area contributed by atoms with E-state index in [4.69, 9.17) is 0 Å². The van der Waals surface area contributed by atoms with Gasteiger partial charge in [0.2, 0.25) is 0 Å². The van der Waals surface area contributed by atoms with Crippen molar-refractivity contribution in [2.24, 2.45) is 17.8 Å². The number of hydrogen-bond donors (Lipinski definition) is 1. The normalized spacial score (nSPS) is 21.6. The van der Waals surface area contributed by atoms with Crippen LogP contribution in [0.3, 0.4) is 0 Å². The minimum atomic E-state index is -0.187. The second kappa shape index (κ2) is 8.09. The highest BCUT2D eigenvalue weighted by Gasteiger charge is 2.26. The summed E-state index contributed by atoms with van der Waals surface area (Å²) < 4.78 is 13.6. The first-order valence-corrected chi connectivity index (χ1v) is 9.93. The molecule has 0 amide bonds. The van der Waals surface area contributed by atoms with Crippen LogP contribution >= 0.6 is 12.6 Å². The summed E-state index contributed by atoms with van der Waals surface area (Å²) >= 11 is 4.30. The van der Waals surface area contributed by atoms with Crippen LogP contribution in [0.1, 0.15) is 39.5 Å². The zero-order valence-electron chi connectivity index (χ0n) is 15.0. The van der Waals surface area contributed by atoms with Gasteiger partial charge in [0.05, 0.1) is 0 Å². The molecule has 0 aliphatic carbocycles. The Labute approximate surface area is 151 Å². The molecule has 134 valence electrons. The van der Waals surface area contributed by atoms with Crippen LogP contribution < -0.4 is 4.90 Å². The third-order valence-corrected chi connectivity index (χ3v) is 6.20. The summed E-state index contributed by atoms with van der Waals surface area (Å²) in [7, 11) is 0. The molecule has 0 saturated carbocycles. The number of piperidine rings is 2. The summed E-state index contributed by atoms with van der Waals surface area (Å²) in [6.07, 6.45) is 5.15. The van der Waals surface area contributed by atoms with Crippen molar-refractivity contribution in [3.8, 4) is 0 Å². The van der Waals surface area contributed by atoms with Crippen molar-refractivity contribution < 1.29 is 4.39 Å². The van der Waals surface area contributed by atoms with E-state index in [0.29, 0.717) is 4.90 Å². The molecule has 1 aromatic rings. The van der Waals surface area contributed by atoms with E-state index in [1.54, 1.807) is 6.07 Å². The quantitative estimate of drug-likeness (QED) is 0.787. The highest BCUT2D eigenvalue weighted by atomic mass is 32.1. The number of rotatable bonds is 4. The van der Waals surface area contributed by atoms with E-state index in [0.717, 1.165) is 36.5 Å². The van der Waals surface area contributed by atoms with Gasteiger partial charge in [0.1, 0.15) is 5.82 Å². The number of thiol groups is 1. The predicted molar refractivity (Wildman–Crippen MR) is 103 cm³/mol. The molecule has 0 N–H and O–H groups in total. The molecule has 3 rings (SSSR count). The number of hydrogen-bond acceptors (Lipinski definition) is 3. The van der Waals surface area contributed by atoms with Crippen LogP contribution in [0.5, 0.6) is 0 Å². The summed E-state index contributed by atoms with van der Waals surface area (Å²) in [5.41, 5.74) is 0.983. The van der Waals surface area contributed by atoms with Crippen molar-refractivity contribution in [2.75, 3.05) is 37.6 Å². The lowest BCUT2D eigenvalue weighted by Gasteiger charge is -2.39. The standard InChI is InChI=1S/C20H31FN2S/c1-15(2)17-5-7-22(8-6-17)14-16-3-9-23(10-4-16)19-11-18(21)12-20(24)13-19/h11-13,15-17,24H,3-10,14H2,1-2H3. The summed E-state index contributed by atoms with van der Waals surface area (Å²) in [4.78, 5) is 5.69. The van der Waals surface area contributed by atoms with E-state index in [-0.39, 0.29) is 5.82 Å². The highest BCUT2D eigenvalue weighted by Crippen LogP contribution is 2.29. The van der Waals surface area contributed by atoms with Crippen molar-refractivity contribution in [1.82, 2.24) is 4.90 Å². The average Bonchev–Trinajstić information content (AvgIpc) is 2.55. The Balaban J connectivity index is 1.46. The summed E-state index contributed by atoms with van der Waals surface area (Å²) in [6.45, 7) is 10.6. The monoisotopic (exact) mass is 350 g/mol. The molecule has 0 bridgehead atoms. The first-order chi connectivity index (χ1) is 11.5. The molecule has 2 aliphatic heterocycles. The van der Waals surface area contributed by atoms with Gasteiger partial charge in [0.15, 0.2) is 0 Å². The number of benzene rings is 1. The summed E-state index contributed by atoms with van der Waals surface area (Å²) in [6, 6.07) is 5.08. The van der Waals surface area contributed by atoms with Gasteiger partial charge in [-0.1, -0.05) is 13.8 Å². The van der Waals surface area contributed by atoms with Crippen LogP contribution in [0.2, 0.25) is 0 Å². The number of likely N-dealkylation sites (tertiary alicyclic amines) is 1. The van der Waals surface area contributed by atoms with Crippen molar-refractivity contribution >= 4 is 18.3 Å². The molecular weight excluding hydrogens is 319 g/mol. The fraction of sp³-hybridized carbons (Fsp3) is 0.700.